The van der Waals surface area contributed by atoms with Gasteiger partial charge in [0, 0.05) is 0 Å². The highest BCUT2D eigenvalue weighted by Gasteiger charge is 2.48. The van der Waals surface area contributed by atoms with Crippen LogP contribution in [0.3, 0.4) is 0 Å². The monoisotopic (exact) mass is 519 g/mol. The average molecular weight is 520 g/mol. The van der Waals surface area contributed by atoms with Crippen molar-refractivity contribution in [3.63, 3.8) is 0 Å². The Morgan fingerprint density at radius 3 is 2.46 bits per heavy atom. The third kappa shape index (κ3) is 4.66. The number of benzene rings is 2. The van der Waals surface area contributed by atoms with Crippen molar-refractivity contribution in [3.05, 3.63) is 48.0 Å². The van der Waals surface area contributed by atoms with Crippen LogP contribution in [0.2, 0.25) is 0 Å². The topological polar surface area (TPSA) is 79.4 Å². The van der Waals surface area contributed by atoms with Crippen LogP contribution in [0.25, 0.3) is 10.2 Å². The molecule has 11 heteroatoms. The third-order valence-electron chi connectivity index (χ3n) is 6.29. The second-order valence-electron chi connectivity index (χ2n) is 8.52. The fraction of sp³-hybridized carbons (Fsp3) is 0.333. The van der Waals surface area contributed by atoms with Crippen LogP contribution in [0.4, 0.5) is 24.5 Å². The lowest BCUT2D eigenvalue weighted by Gasteiger charge is -2.19. The van der Waals surface area contributed by atoms with Gasteiger partial charge in [-0.05, 0) is 43.2 Å². The van der Waals surface area contributed by atoms with Crippen LogP contribution in [0.15, 0.2) is 46.8 Å². The van der Waals surface area contributed by atoms with Gasteiger partial charge in [-0.3, -0.25) is 19.3 Å². The van der Waals surface area contributed by atoms with Gasteiger partial charge in [0.25, 0.3) is 0 Å². The molecule has 1 aliphatic carbocycles. The Hall–Kier alpha value is -2.92. The van der Waals surface area contributed by atoms with E-state index < -0.39 is 17.6 Å². The lowest BCUT2D eigenvalue weighted by Crippen LogP contribution is -2.30. The number of imide groups is 1. The molecule has 2 aliphatic rings. The summed E-state index contributed by atoms with van der Waals surface area (Å²) in [5, 5.41) is 2.32. The fourth-order valence-electron chi connectivity index (χ4n) is 4.66. The number of amides is 3. The van der Waals surface area contributed by atoms with Gasteiger partial charge < -0.3 is 5.32 Å². The van der Waals surface area contributed by atoms with E-state index in [0.29, 0.717) is 15.5 Å². The zero-order valence-electron chi connectivity index (χ0n) is 18.3. The first-order valence-electron chi connectivity index (χ1n) is 11.1. The number of carbonyl (C=O) groups is 3. The number of hydrogen-bond acceptors (Lipinski definition) is 6. The summed E-state index contributed by atoms with van der Waals surface area (Å²) in [5.41, 5.74) is -0.0269. The van der Waals surface area contributed by atoms with Gasteiger partial charge in [0.2, 0.25) is 17.7 Å². The number of anilines is 2. The number of rotatable bonds is 5. The molecule has 35 heavy (non-hydrogen) atoms. The molecular weight excluding hydrogens is 499 g/mol. The number of para-hydroxylation sites is 1. The van der Waals surface area contributed by atoms with Gasteiger partial charge in [0.1, 0.15) is 0 Å². The largest absolute Gasteiger partial charge is 0.418 e. The number of alkyl halides is 3. The smallest absolute Gasteiger partial charge is 0.325 e. The summed E-state index contributed by atoms with van der Waals surface area (Å²) in [6.45, 7) is 0. The molecule has 2 heterocycles. The van der Waals surface area contributed by atoms with Crippen molar-refractivity contribution in [2.75, 3.05) is 16.0 Å². The summed E-state index contributed by atoms with van der Waals surface area (Å²) in [5.74, 6) is -1.46. The normalized spacial score (nSPS) is 20.4. The molecule has 0 unspecified atom stereocenters. The molecule has 6 nitrogen and oxygen atoms in total. The van der Waals surface area contributed by atoms with Gasteiger partial charge in [-0.1, -0.05) is 36.7 Å². The van der Waals surface area contributed by atoms with Crippen molar-refractivity contribution in [2.45, 2.75) is 36.2 Å². The first kappa shape index (κ1) is 23.8. The van der Waals surface area contributed by atoms with Crippen LogP contribution < -0.4 is 10.2 Å². The van der Waals surface area contributed by atoms with Crippen LogP contribution in [0.5, 0.6) is 0 Å². The van der Waals surface area contributed by atoms with E-state index in [1.54, 1.807) is 18.2 Å². The quantitative estimate of drug-likeness (QED) is 0.344. The molecule has 0 bridgehead atoms. The Kier molecular flexibility index (Phi) is 6.30. The predicted octanol–water partition coefficient (Wildman–Crippen LogP) is 5.73. The molecule has 2 atom stereocenters. The molecule has 0 radical (unpaired) electrons. The SMILES string of the molecule is O=C(CSc1nc2ccc(N3C(=O)[C@H]4CCCC[C@@H]4C3=O)cc2s1)Nc1ccccc1C(F)(F)F. The third-order valence-corrected chi connectivity index (χ3v) is 8.45. The minimum Gasteiger partial charge on any atom is -0.325 e. The van der Waals surface area contributed by atoms with Crippen molar-refractivity contribution in [1.29, 1.82) is 0 Å². The molecule has 0 spiro atoms. The first-order chi connectivity index (χ1) is 16.7. The van der Waals surface area contributed by atoms with Crippen molar-refractivity contribution in [1.82, 2.24) is 4.98 Å². The predicted molar refractivity (Wildman–Crippen MR) is 128 cm³/mol. The summed E-state index contributed by atoms with van der Waals surface area (Å²) in [7, 11) is 0. The summed E-state index contributed by atoms with van der Waals surface area (Å²) < 4.78 is 40.7. The second kappa shape index (κ2) is 9.27. The maximum atomic E-state index is 13.1. The Morgan fingerprint density at radius 2 is 1.77 bits per heavy atom. The second-order valence-corrected chi connectivity index (χ2v) is 10.8. The molecule has 1 aliphatic heterocycles. The minimum atomic E-state index is -4.57. The fourth-order valence-corrected chi connectivity index (χ4v) is 6.56. The number of thioether (sulfide) groups is 1. The molecule has 1 aromatic heterocycles. The van der Waals surface area contributed by atoms with E-state index in [2.05, 4.69) is 10.3 Å². The molecular formula is C24H20F3N3O3S2. The number of nitrogens with one attached hydrogen (secondary N) is 1. The number of fused-ring (bicyclic) bond motifs is 2. The van der Waals surface area contributed by atoms with Crippen LogP contribution >= 0.6 is 23.1 Å². The van der Waals surface area contributed by atoms with Gasteiger partial charge in [0.05, 0.1) is 44.7 Å². The summed E-state index contributed by atoms with van der Waals surface area (Å²) in [4.78, 5) is 43.8. The molecule has 5 rings (SSSR count). The van der Waals surface area contributed by atoms with E-state index in [0.717, 1.165) is 48.2 Å². The standard InChI is InChI=1S/C24H20F3N3O3S2/c25-24(26,27)16-7-3-4-8-17(16)28-20(31)12-34-23-29-18-10-9-13(11-19(18)35-23)30-21(32)14-5-1-2-6-15(14)22(30)33/h3-4,7-11,14-15H,1-2,5-6,12H2,(H,28,31)/t14-,15-/m0/s1. The minimum absolute atomic E-state index is 0.120. The highest BCUT2D eigenvalue weighted by atomic mass is 32.2. The van der Waals surface area contributed by atoms with Crippen molar-refractivity contribution in [2.24, 2.45) is 11.8 Å². The van der Waals surface area contributed by atoms with Crippen LogP contribution in [-0.4, -0.2) is 28.5 Å². The molecule has 1 N–H and O–H groups in total. The maximum absolute atomic E-state index is 13.1. The molecule has 3 amide bonds. The number of hydrogen-bond donors (Lipinski definition) is 1. The molecule has 2 aromatic carbocycles. The van der Waals surface area contributed by atoms with Crippen LogP contribution in [0.1, 0.15) is 31.2 Å². The Morgan fingerprint density at radius 1 is 1.09 bits per heavy atom. The molecule has 2 fully saturated rings. The van der Waals surface area contributed by atoms with Gasteiger partial charge in [-0.2, -0.15) is 13.2 Å². The highest BCUT2D eigenvalue weighted by Crippen LogP contribution is 2.41. The average Bonchev–Trinajstić information content (AvgIpc) is 3.35. The number of nitrogens with zero attached hydrogens (tertiary/aromatic N) is 2. The van der Waals surface area contributed by atoms with Gasteiger partial charge >= 0.3 is 6.18 Å². The Bertz CT molecular complexity index is 1300. The van der Waals surface area contributed by atoms with E-state index in [1.807, 2.05) is 0 Å². The molecule has 1 saturated heterocycles. The van der Waals surface area contributed by atoms with E-state index in [4.69, 9.17) is 0 Å². The number of aromatic nitrogens is 1. The Balaban J connectivity index is 1.28. The lowest BCUT2D eigenvalue weighted by atomic mass is 9.81. The van der Waals surface area contributed by atoms with E-state index in [9.17, 15) is 27.6 Å². The number of halogens is 3. The molecule has 182 valence electrons. The van der Waals surface area contributed by atoms with Crippen LogP contribution in [-0.2, 0) is 20.6 Å². The van der Waals surface area contributed by atoms with E-state index in [1.165, 1.54) is 34.4 Å². The maximum Gasteiger partial charge on any atom is 0.418 e. The van der Waals surface area contributed by atoms with E-state index >= 15 is 0 Å². The highest BCUT2D eigenvalue weighted by molar-refractivity contribution is 8.01. The van der Waals surface area contributed by atoms with E-state index in [-0.39, 0.29) is 35.1 Å². The summed E-state index contributed by atoms with van der Waals surface area (Å²) >= 11 is 2.41. The summed E-state index contributed by atoms with van der Waals surface area (Å²) in [6.07, 6.45) is -1.18. The lowest BCUT2D eigenvalue weighted by molar-refractivity contribution is -0.137. The van der Waals surface area contributed by atoms with Crippen LogP contribution in [0, 0.1) is 11.8 Å². The first-order valence-corrected chi connectivity index (χ1v) is 12.9. The number of carbonyl (C=O) groups excluding carboxylic acids is 3. The van der Waals surface area contributed by atoms with Crippen molar-refractivity contribution >= 4 is 62.4 Å². The number of thiazole rings is 1. The van der Waals surface area contributed by atoms with Crippen molar-refractivity contribution in [3.8, 4) is 0 Å². The van der Waals surface area contributed by atoms with Gasteiger partial charge in [-0.15, -0.1) is 11.3 Å². The summed E-state index contributed by atoms with van der Waals surface area (Å²) in [6, 6.07) is 10.00. The van der Waals surface area contributed by atoms with Gasteiger partial charge in [-0.25, -0.2) is 4.98 Å². The molecule has 1 saturated carbocycles. The van der Waals surface area contributed by atoms with Gasteiger partial charge in [0.15, 0.2) is 4.34 Å². The zero-order valence-corrected chi connectivity index (χ0v) is 19.9. The zero-order chi connectivity index (χ0) is 24.7. The van der Waals surface area contributed by atoms with Crippen molar-refractivity contribution < 1.29 is 27.6 Å². The molecule has 3 aromatic rings. The Labute approximate surface area is 206 Å².